The number of ether oxygens (including phenoxy) is 3. The number of hydrogen-bond donors (Lipinski definition) is 2. The number of fused-ring (bicyclic) bond motifs is 1. The molecule has 0 saturated carbocycles. The van der Waals surface area contributed by atoms with E-state index in [2.05, 4.69) is 4.98 Å². The van der Waals surface area contributed by atoms with Gasteiger partial charge in [0, 0.05) is 17.6 Å². The van der Waals surface area contributed by atoms with Gasteiger partial charge in [-0.15, -0.1) is 11.6 Å². The van der Waals surface area contributed by atoms with Crippen molar-refractivity contribution < 1.29 is 19.3 Å². The molecule has 2 aliphatic heterocycles. The molecule has 2 aliphatic rings. The van der Waals surface area contributed by atoms with E-state index in [1.54, 1.807) is 13.8 Å². The van der Waals surface area contributed by atoms with Crippen LogP contribution in [0.4, 0.5) is 0 Å². The van der Waals surface area contributed by atoms with Crippen molar-refractivity contribution in [1.29, 1.82) is 0 Å². The fourth-order valence-corrected chi connectivity index (χ4v) is 3.23. The molecular weight excluding hydrogens is 328 g/mol. The van der Waals surface area contributed by atoms with Gasteiger partial charge in [0.15, 0.2) is 12.0 Å². The van der Waals surface area contributed by atoms with Gasteiger partial charge in [0.1, 0.15) is 18.3 Å². The van der Waals surface area contributed by atoms with E-state index in [0.29, 0.717) is 12.0 Å². The van der Waals surface area contributed by atoms with Crippen LogP contribution in [0.2, 0.25) is 0 Å². The summed E-state index contributed by atoms with van der Waals surface area (Å²) in [6.45, 7) is 3.25. The van der Waals surface area contributed by atoms with Crippen molar-refractivity contribution in [2.45, 2.75) is 50.6 Å². The van der Waals surface area contributed by atoms with E-state index in [0.717, 1.165) is 0 Å². The second-order valence-corrected chi connectivity index (χ2v) is 6.45. The Labute approximate surface area is 136 Å². The number of aliphatic hydroxyl groups is 1. The molecule has 0 bridgehead atoms. The van der Waals surface area contributed by atoms with Crippen LogP contribution in [0, 0.1) is 0 Å². The number of halogens is 1. The molecule has 128 valence electrons. The average Bonchev–Trinajstić information content (AvgIpc) is 2.95. The molecule has 0 amide bonds. The second-order valence-electron chi connectivity index (χ2n) is 6.07. The van der Waals surface area contributed by atoms with Crippen LogP contribution in [-0.4, -0.2) is 51.2 Å². The van der Waals surface area contributed by atoms with E-state index in [1.807, 2.05) is 0 Å². The molecule has 1 aromatic heterocycles. The number of alkyl halides is 1. The predicted molar refractivity (Wildman–Crippen MR) is 80.6 cm³/mol. The number of aromatic nitrogens is 2. The minimum atomic E-state index is -0.838. The molecule has 0 radical (unpaired) electrons. The molecule has 9 heteroatoms. The molecule has 8 nitrogen and oxygen atoms in total. The summed E-state index contributed by atoms with van der Waals surface area (Å²) < 4.78 is 18.6. The highest BCUT2D eigenvalue weighted by Gasteiger charge is 2.55. The largest absolute Gasteiger partial charge is 0.394 e. The molecule has 1 aromatic rings. The monoisotopic (exact) mass is 346 g/mol. The van der Waals surface area contributed by atoms with Crippen LogP contribution in [0.15, 0.2) is 15.8 Å². The van der Waals surface area contributed by atoms with Gasteiger partial charge < -0.3 is 19.3 Å². The van der Waals surface area contributed by atoms with Gasteiger partial charge in [-0.3, -0.25) is 14.3 Å². The Morgan fingerprint density at radius 3 is 2.70 bits per heavy atom. The van der Waals surface area contributed by atoms with E-state index < -0.39 is 41.6 Å². The zero-order valence-electron chi connectivity index (χ0n) is 12.8. The second kappa shape index (κ2) is 6.03. The predicted octanol–water partition coefficient (Wildman–Crippen LogP) is -0.272. The van der Waals surface area contributed by atoms with Crippen molar-refractivity contribution in [2.24, 2.45) is 0 Å². The lowest BCUT2D eigenvalue weighted by atomic mass is 10.1. The Morgan fingerprint density at radius 2 is 2.04 bits per heavy atom. The lowest BCUT2D eigenvalue weighted by molar-refractivity contribution is -0.200. The zero-order valence-corrected chi connectivity index (χ0v) is 13.6. The summed E-state index contributed by atoms with van der Waals surface area (Å²) in [5.74, 6) is -0.583. The molecule has 0 spiro atoms. The van der Waals surface area contributed by atoms with Crippen LogP contribution in [-0.2, 0) is 20.6 Å². The van der Waals surface area contributed by atoms with Crippen LogP contribution in [0.3, 0.4) is 0 Å². The number of nitrogens with zero attached hydrogens (tertiary/aromatic N) is 1. The van der Waals surface area contributed by atoms with Crippen LogP contribution in [0.25, 0.3) is 0 Å². The van der Waals surface area contributed by atoms with Gasteiger partial charge in [0.2, 0.25) is 0 Å². The third kappa shape index (κ3) is 2.97. The number of aryl methyl sites for hydroxylation is 1. The highest BCUT2D eigenvalue weighted by molar-refractivity contribution is 6.17. The fourth-order valence-electron chi connectivity index (χ4n) is 3.03. The summed E-state index contributed by atoms with van der Waals surface area (Å²) in [5, 5.41) is 9.48. The Bertz CT molecular complexity index is 699. The molecule has 4 atom stereocenters. The minimum Gasteiger partial charge on any atom is -0.394 e. The lowest BCUT2D eigenvalue weighted by Crippen LogP contribution is -2.38. The quantitative estimate of drug-likeness (QED) is 0.727. The first-order valence-electron chi connectivity index (χ1n) is 7.38. The first kappa shape index (κ1) is 16.7. The molecule has 2 N–H and O–H groups in total. The number of nitrogens with one attached hydrogen (secondary N) is 1. The summed E-state index contributed by atoms with van der Waals surface area (Å²) >= 11 is 5.68. The minimum absolute atomic E-state index is 0.255. The Hall–Kier alpha value is -1.19. The molecule has 2 fully saturated rings. The van der Waals surface area contributed by atoms with E-state index >= 15 is 0 Å². The number of aliphatic hydroxyl groups excluding tert-OH is 1. The Morgan fingerprint density at radius 1 is 1.35 bits per heavy atom. The van der Waals surface area contributed by atoms with Gasteiger partial charge in [-0.1, -0.05) is 0 Å². The summed E-state index contributed by atoms with van der Waals surface area (Å²) in [5.41, 5.74) is -0.696. The van der Waals surface area contributed by atoms with E-state index in [9.17, 15) is 14.7 Å². The summed E-state index contributed by atoms with van der Waals surface area (Å²) in [7, 11) is 0. The number of aromatic amines is 1. The van der Waals surface area contributed by atoms with Crippen molar-refractivity contribution in [3.05, 3.63) is 32.6 Å². The van der Waals surface area contributed by atoms with Crippen molar-refractivity contribution in [2.75, 3.05) is 12.5 Å². The van der Waals surface area contributed by atoms with Crippen LogP contribution < -0.4 is 11.2 Å². The average molecular weight is 347 g/mol. The van der Waals surface area contributed by atoms with Gasteiger partial charge in [0.25, 0.3) is 5.56 Å². The van der Waals surface area contributed by atoms with Crippen molar-refractivity contribution in [3.8, 4) is 0 Å². The zero-order chi connectivity index (χ0) is 16.8. The highest BCUT2D eigenvalue weighted by atomic mass is 35.5. The smallest absolute Gasteiger partial charge is 0.330 e. The van der Waals surface area contributed by atoms with E-state index in [1.165, 1.54) is 10.8 Å². The number of rotatable bonds is 4. The molecule has 2 saturated heterocycles. The molecule has 4 unspecified atom stereocenters. The Kier molecular flexibility index (Phi) is 4.37. The van der Waals surface area contributed by atoms with Crippen LogP contribution in [0.1, 0.15) is 25.6 Å². The summed E-state index contributed by atoms with van der Waals surface area (Å²) in [6, 6.07) is 0. The number of hydrogen-bond acceptors (Lipinski definition) is 6. The maximum absolute atomic E-state index is 12.2. The van der Waals surface area contributed by atoms with Crippen molar-refractivity contribution >= 4 is 11.6 Å². The third-order valence-electron chi connectivity index (χ3n) is 3.98. The molecular formula is C14H19ClN2O6. The van der Waals surface area contributed by atoms with Gasteiger partial charge in [-0.05, 0) is 20.3 Å². The number of H-pyrrole nitrogens is 1. The van der Waals surface area contributed by atoms with Crippen LogP contribution >= 0.6 is 11.6 Å². The van der Waals surface area contributed by atoms with Crippen molar-refractivity contribution in [1.82, 2.24) is 9.55 Å². The molecule has 23 heavy (non-hydrogen) atoms. The first-order valence-corrected chi connectivity index (χ1v) is 7.92. The molecule has 3 heterocycles. The highest BCUT2D eigenvalue weighted by Crippen LogP contribution is 2.42. The van der Waals surface area contributed by atoms with Gasteiger partial charge in [-0.2, -0.15) is 0 Å². The lowest BCUT2D eigenvalue weighted by Gasteiger charge is -2.24. The SMILES string of the molecule is CC1(C)OC2C(CO)OC(n3cc(CCCl)c(=O)[nH]c3=O)C2O1. The molecule has 3 rings (SSSR count). The standard InChI is InChI=1S/C14H19ClN2O6/c1-14(2)22-9-8(6-18)21-12(10(9)23-14)17-5-7(3-4-15)11(19)16-13(17)20/h5,8-10,12,18H,3-4,6H2,1-2H3,(H,16,19,20). The van der Waals surface area contributed by atoms with E-state index in [-0.39, 0.29) is 12.5 Å². The molecule has 0 aromatic carbocycles. The van der Waals surface area contributed by atoms with Gasteiger partial charge in [-0.25, -0.2) is 4.79 Å². The maximum atomic E-state index is 12.2. The fraction of sp³-hybridized carbons (Fsp3) is 0.714. The third-order valence-corrected chi connectivity index (χ3v) is 4.17. The normalized spacial score (nSPS) is 32.2. The summed E-state index contributed by atoms with van der Waals surface area (Å²) in [6.07, 6.45) is -0.700. The summed E-state index contributed by atoms with van der Waals surface area (Å²) in [4.78, 5) is 26.2. The van der Waals surface area contributed by atoms with Gasteiger partial charge in [0.05, 0.1) is 6.61 Å². The first-order chi connectivity index (χ1) is 10.9. The van der Waals surface area contributed by atoms with E-state index in [4.69, 9.17) is 25.8 Å². The topological polar surface area (TPSA) is 103 Å². The van der Waals surface area contributed by atoms with Crippen molar-refractivity contribution in [3.63, 3.8) is 0 Å². The molecule has 0 aliphatic carbocycles. The maximum Gasteiger partial charge on any atom is 0.330 e. The van der Waals surface area contributed by atoms with Crippen LogP contribution in [0.5, 0.6) is 0 Å². The Balaban J connectivity index is 2.00. The van der Waals surface area contributed by atoms with Gasteiger partial charge >= 0.3 is 5.69 Å².